The zero-order valence-corrected chi connectivity index (χ0v) is 11.8. The summed E-state index contributed by atoms with van der Waals surface area (Å²) in [5.74, 6) is 0.816. The van der Waals surface area contributed by atoms with Crippen molar-refractivity contribution >= 4 is 11.6 Å². The third kappa shape index (κ3) is 4.57. The topological polar surface area (TPSA) is 21.3 Å². The molecule has 0 radical (unpaired) electrons. The van der Waals surface area contributed by atoms with Crippen LogP contribution in [-0.2, 0) is 6.54 Å². The van der Waals surface area contributed by atoms with Crippen LogP contribution in [0.25, 0.3) is 0 Å². The summed E-state index contributed by atoms with van der Waals surface area (Å²) in [7, 11) is 0. The van der Waals surface area contributed by atoms with Gasteiger partial charge in [-0.2, -0.15) is 0 Å². The Morgan fingerprint density at radius 3 is 2.59 bits per heavy atom. The Morgan fingerprint density at radius 2 is 2.00 bits per heavy atom. The van der Waals surface area contributed by atoms with Crippen LogP contribution in [0.2, 0.25) is 5.02 Å². The first-order valence-corrected chi connectivity index (χ1v) is 6.59. The smallest absolute Gasteiger partial charge is 0.142 e. The largest absolute Gasteiger partial charge is 0.489 e. The minimum Gasteiger partial charge on any atom is -0.489 e. The number of benzene rings is 1. The zero-order valence-electron chi connectivity index (χ0n) is 11.1. The van der Waals surface area contributed by atoms with E-state index >= 15 is 0 Å². The van der Waals surface area contributed by atoms with E-state index in [4.69, 9.17) is 16.3 Å². The molecular weight excluding hydrogens is 234 g/mol. The molecule has 1 rings (SSSR count). The Kier molecular flexibility index (Phi) is 5.79. The maximum atomic E-state index is 6.19. The fourth-order valence-electron chi connectivity index (χ4n) is 1.42. The molecule has 0 bridgehead atoms. The van der Waals surface area contributed by atoms with Crippen molar-refractivity contribution in [1.29, 1.82) is 0 Å². The van der Waals surface area contributed by atoms with Gasteiger partial charge in [0, 0.05) is 18.2 Å². The van der Waals surface area contributed by atoms with E-state index in [2.05, 4.69) is 39.1 Å². The Bertz CT molecular complexity index is 352. The van der Waals surface area contributed by atoms with Crippen LogP contribution in [0.3, 0.4) is 0 Å². The van der Waals surface area contributed by atoms with E-state index in [9.17, 15) is 0 Å². The highest BCUT2D eigenvalue weighted by Crippen LogP contribution is 2.30. The van der Waals surface area contributed by atoms with Crippen LogP contribution < -0.4 is 10.1 Å². The number of para-hydroxylation sites is 1. The van der Waals surface area contributed by atoms with Crippen LogP contribution >= 0.6 is 11.6 Å². The van der Waals surface area contributed by atoms with Gasteiger partial charge in [-0.25, -0.2) is 0 Å². The number of hydrogen-bond acceptors (Lipinski definition) is 2. The van der Waals surface area contributed by atoms with Crippen molar-refractivity contribution in [2.24, 2.45) is 0 Å². The summed E-state index contributed by atoms with van der Waals surface area (Å²) in [6, 6.07) is 6.34. The molecule has 3 heteroatoms. The Balaban J connectivity index is 2.84. The van der Waals surface area contributed by atoms with Crippen LogP contribution in [0.1, 0.15) is 39.7 Å². The van der Waals surface area contributed by atoms with E-state index in [1.54, 1.807) is 0 Å². The molecule has 0 amide bonds. The van der Waals surface area contributed by atoms with Crippen molar-refractivity contribution in [3.63, 3.8) is 0 Å². The molecule has 0 aliphatic carbocycles. The van der Waals surface area contributed by atoms with Crippen molar-refractivity contribution in [3.8, 4) is 5.75 Å². The molecule has 1 aromatic rings. The van der Waals surface area contributed by atoms with Gasteiger partial charge in [-0.1, -0.05) is 44.5 Å². The monoisotopic (exact) mass is 255 g/mol. The van der Waals surface area contributed by atoms with E-state index in [0.29, 0.717) is 11.1 Å². The van der Waals surface area contributed by atoms with Gasteiger partial charge in [-0.05, 0) is 19.4 Å². The zero-order chi connectivity index (χ0) is 12.8. The highest BCUT2D eigenvalue weighted by atomic mass is 35.5. The van der Waals surface area contributed by atoms with E-state index in [1.807, 2.05) is 12.1 Å². The number of ether oxygens (including phenoxy) is 1. The van der Waals surface area contributed by atoms with E-state index in [1.165, 1.54) is 0 Å². The average molecular weight is 256 g/mol. The molecule has 0 saturated carbocycles. The third-order valence-corrected chi connectivity index (χ3v) is 2.94. The molecule has 0 aliphatic rings. The van der Waals surface area contributed by atoms with Gasteiger partial charge < -0.3 is 10.1 Å². The first kappa shape index (κ1) is 14.3. The molecule has 1 unspecified atom stereocenters. The predicted octanol–water partition coefficient (Wildman–Crippen LogP) is 4.02. The summed E-state index contributed by atoms with van der Waals surface area (Å²) >= 11 is 6.19. The second-order valence-corrected chi connectivity index (χ2v) is 5.01. The molecular formula is C14H22ClNO. The standard InChI is InChI=1S/C14H22ClNO/c1-5-11(4)17-14-12(9-16-10(2)3)7-6-8-13(14)15/h6-8,10-11,16H,5,9H2,1-4H3. The lowest BCUT2D eigenvalue weighted by atomic mass is 10.2. The Labute approximate surface area is 109 Å². The van der Waals surface area contributed by atoms with E-state index in [0.717, 1.165) is 24.3 Å². The van der Waals surface area contributed by atoms with Gasteiger partial charge in [0.05, 0.1) is 11.1 Å². The molecule has 2 nitrogen and oxygen atoms in total. The van der Waals surface area contributed by atoms with Crippen LogP contribution in [0.15, 0.2) is 18.2 Å². The van der Waals surface area contributed by atoms with Crippen LogP contribution in [0.5, 0.6) is 5.75 Å². The van der Waals surface area contributed by atoms with E-state index < -0.39 is 0 Å². The van der Waals surface area contributed by atoms with Gasteiger partial charge in [-0.15, -0.1) is 0 Å². The lowest BCUT2D eigenvalue weighted by Crippen LogP contribution is -2.22. The van der Waals surface area contributed by atoms with Crippen molar-refractivity contribution < 1.29 is 4.74 Å². The summed E-state index contributed by atoms with van der Waals surface area (Å²) < 4.78 is 5.89. The predicted molar refractivity (Wildman–Crippen MR) is 73.8 cm³/mol. The van der Waals surface area contributed by atoms with Gasteiger partial charge in [-0.3, -0.25) is 0 Å². The Morgan fingerprint density at radius 1 is 1.29 bits per heavy atom. The van der Waals surface area contributed by atoms with Crippen molar-refractivity contribution in [2.45, 2.75) is 52.8 Å². The summed E-state index contributed by atoms with van der Waals surface area (Å²) in [5.41, 5.74) is 1.12. The summed E-state index contributed by atoms with van der Waals surface area (Å²) in [5, 5.41) is 4.07. The van der Waals surface area contributed by atoms with Gasteiger partial charge >= 0.3 is 0 Å². The van der Waals surface area contributed by atoms with Crippen LogP contribution in [-0.4, -0.2) is 12.1 Å². The summed E-state index contributed by atoms with van der Waals surface area (Å²) in [6.07, 6.45) is 1.16. The molecule has 1 aromatic carbocycles. The number of rotatable bonds is 6. The van der Waals surface area contributed by atoms with Gasteiger partial charge in [0.1, 0.15) is 5.75 Å². The average Bonchev–Trinajstić information content (AvgIpc) is 2.29. The van der Waals surface area contributed by atoms with E-state index in [-0.39, 0.29) is 6.10 Å². The molecule has 0 heterocycles. The molecule has 96 valence electrons. The minimum atomic E-state index is 0.188. The fraction of sp³-hybridized carbons (Fsp3) is 0.571. The molecule has 1 N–H and O–H groups in total. The molecule has 0 spiro atoms. The number of nitrogens with one attached hydrogen (secondary N) is 1. The van der Waals surface area contributed by atoms with Crippen molar-refractivity contribution in [3.05, 3.63) is 28.8 Å². The van der Waals surface area contributed by atoms with Gasteiger partial charge in [0.25, 0.3) is 0 Å². The first-order valence-electron chi connectivity index (χ1n) is 6.22. The maximum absolute atomic E-state index is 6.19. The second kappa shape index (κ2) is 6.87. The molecule has 17 heavy (non-hydrogen) atoms. The van der Waals surface area contributed by atoms with Crippen LogP contribution in [0, 0.1) is 0 Å². The minimum absolute atomic E-state index is 0.188. The quantitative estimate of drug-likeness (QED) is 0.829. The number of halogens is 1. The highest BCUT2D eigenvalue weighted by Gasteiger charge is 2.11. The van der Waals surface area contributed by atoms with Crippen molar-refractivity contribution in [2.75, 3.05) is 0 Å². The summed E-state index contributed by atoms with van der Waals surface area (Å²) in [6.45, 7) is 9.19. The lowest BCUT2D eigenvalue weighted by molar-refractivity contribution is 0.215. The van der Waals surface area contributed by atoms with Crippen LogP contribution in [0.4, 0.5) is 0 Å². The molecule has 1 atom stereocenters. The summed E-state index contributed by atoms with van der Waals surface area (Å²) in [4.78, 5) is 0. The molecule has 0 saturated heterocycles. The van der Waals surface area contributed by atoms with Crippen molar-refractivity contribution in [1.82, 2.24) is 5.32 Å². The third-order valence-electron chi connectivity index (χ3n) is 2.64. The second-order valence-electron chi connectivity index (χ2n) is 4.60. The molecule has 0 aromatic heterocycles. The normalized spacial score (nSPS) is 12.8. The molecule has 0 aliphatic heterocycles. The highest BCUT2D eigenvalue weighted by molar-refractivity contribution is 6.32. The SMILES string of the molecule is CCC(C)Oc1c(Cl)cccc1CNC(C)C. The maximum Gasteiger partial charge on any atom is 0.142 e. The lowest BCUT2D eigenvalue weighted by Gasteiger charge is -2.18. The van der Waals surface area contributed by atoms with Gasteiger partial charge in [0.15, 0.2) is 0 Å². The first-order chi connectivity index (χ1) is 8.04. The Hall–Kier alpha value is -0.730. The number of hydrogen-bond donors (Lipinski definition) is 1. The fourth-order valence-corrected chi connectivity index (χ4v) is 1.66. The van der Waals surface area contributed by atoms with Gasteiger partial charge in [0.2, 0.25) is 0 Å². The molecule has 0 fully saturated rings.